The van der Waals surface area contributed by atoms with Gasteiger partial charge in [-0.15, -0.1) is 0 Å². The van der Waals surface area contributed by atoms with Crippen LogP contribution in [0.2, 0.25) is 5.02 Å². The summed E-state index contributed by atoms with van der Waals surface area (Å²) in [7, 11) is 1.93. The third-order valence-electron chi connectivity index (χ3n) is 2.82. The van der Waals surface area contributed by atoms with Crippen LogP contribution in [-0.2, 0) is 6.42 Å². The zero-order chi connectivity index (χ0) is 12.9. The third kappa shape index (κ3) is 5.02. The lowest BCUT2D eigenvalue weighted by atomic mass is 10.1. The molecule has 1 rings (SSSR count). The lowest BCUT2D eigenvalue weighted by molar-refractivity contribution is 0.395. The Morgan fingerprint density at radius 1 is 1.35 bits per heavy atom. The van der Waals surface area contributed by atoms with Crippen molar-refractivity contribution in [2.75, 3.05) is 20.1 Å². The molecule has 0 spiro atoms. The van der Waals surface area contributed by atoms with E-state index in [4.69, 9.17) is 11.6 Å². The summed E-state index contributed by atoms with van der Waals surface area (Å²) in [6, 6.07) is 4.66. The van der Waals surface area contributed by atoms with E-state index in [1.807, 2.05) is 7.05 Å². The molecular formula is C13H20ClFN2. The summed E-state index contributed by atoms with van der Waals surface area (Å²) < 4.78 is 13.4. The molecule has 0 radical (unpaired) electrons. The van der Waals surface area contributed by atoms with Crippen LogP contribution in [0.4, 0.5) is 4.39 Å². The highest BCUT2D eigenvalue weighted by molar-refractivity contribution is 6.30. The van der Waals surface area contributed by atoms with Crippen LogP contribution in [0.25, 0.3) is 0 Å². The predicted octanol–water partition coefficient (Wildman–Crippen LogP) is 2.61. The Hall–Kier alpha value is -0.640. The Morgan fingerprint density at radius 3 is 2.71 bits per heavy atom. The smallest absolute Gasteiger partial charge is 0.126 e. The minimum absolute atomic E-state index is 0.0485. The van der Waals surface area contributed by atoms with Crippen molar-refractivity contribution in [2.45, 2.75) is 25.8 Å². The summed E-state index contributed by atoms with van der Waals surface area (Å²) in [5.41, 5.74) is 0.708. The SMILES string of the molecule is CNC(C)(C)CNCCc1cc(Cl)ccc1F. The number of likely N-dealkylation sites (N-methyl/N-ethyl adjacent to an activating group) is 1. The Labute approximate surface area is 108 Å². The minimum atomic E-state index is -0.191. The zero-order valence-corrected chi connectivity index (χ0v) is 11.4. The lowest BCUT2D eigenvalue weighted by Gasteiger charge is -2.24. The number of halogens is 2. The van der Waals surface area contributed by atoms with E-state index in [1.165, 1.54) is 6.07 Å². The first-order chi connectivity index (χ1) is 7.94. The fourth-order valence-corrected chi connectivity index (χ4v) is 1.64. The maximum atomic E-state index is 13.4. The quantitative estimate of drug-likeness (QED) is 0.767. The Morgan fingerprint density at radius 2 is 2.06 bits per heavy atom. The summed E-state index contributed by atoms with van der Waals surface area (Å²) >= 11 is 5.83. The van der Waals surface area contributed by atoms with E-state index in [1.54, 1.807) is 12.1 Å². The van der Waals surface area contributed by atoms with E-state index >= 15 is 0 Å². The van der Waals surface area contributed by atoms with Crippen molar-refractivity contribution in [1.29, 1.82) is 0 Å². The molecule has 0 atom stereocenters. The van der Waals surface area contributed by atoms with Crippen molar-refractivity contribution in [2.24, 2.45) is 0 Å². The molecule has 0 amide bonds. The van der Waals surface area contributed by atoms with Crippen LogP contribution in [-0.4, -0.2) is 25.7 Å². The van der Waals surface area contributed by atoms with Crippen molar-refractivity contribution < 1.29 is 4.39 Å². The fraction of sp³-hybridized carbons (Fsp3) is 0.538. The standard InChI is InChI=1S/C13H20ClFN2/c1-13(2,16-3)9-17-7-6-10-8-11(14)4-5-12(10)15/h4-5,8,16-17H,6-7,9H2,1-3H3. The van der Waals surface area contributed by atoms with Gasteiger partial charge in [-0.1, -0.05) is 11.6 Å². The van der Waals surface area contributed by atoms with Gasteiger partial charge in [0.2, 0.25) is 0 Å². The van der Waals surface area contributed by atoms with Crippen LogP contribution in [0, 0.1) is 5.82 Å². The molecule has 2 nitrogen and oxygen atoms in total. The van der Waals surface area contributed by atoms with E-state index in [9.17, 15) is 4.39 Å². The highest BCUT2D eigenvalue weighted by atomic mass is 35.5. The number of benzene rings is 1. The first kappa shape index (κ1) is 14.4. The average Bonchev–Trinajstić information content (AvgIpc) is 2.29. The number of rotatable bonds is 6. The largest absolute Gasteiger partial charge is 0.315 e. The van der Waals surface area contributed by atoms with E-state index in [0.717, 1.165) is 13.1 Å². The van der Waals surface area contributed by atoms with Gasteiger partial charge in [-0.3, -0.25) is 0 Å². The van der Waals surface area contributed by atoms with Crippen molar-refractivity contribution in [1.82, 2.24) is 10.6 Å². The van der Waals surface area contributed by atoms with E-state index in [0.29, 0.717) is 17.0 Å². The normalized spacial score (nSPS) is 11.8. The molecule has 0 unspecified atom stereocenters. The third-order valence-corrected chi connectivity index (χ3v) is 3.06. The summed E-state index contributed by atoms with van der Waals surface area (Å²) in [6.07, 6.45) is 0.645. The van der Waals surface area contributed by atoms with Crippen molar-refractivity contribution in [3.05, 3.63) is 34.6 Å². The lowest BCUT2D eigenvalue weighted by Crippen LogP contribution is -2.46. The van der Waals surface area contributed by atoms with E-state index < -0.39 is 0 Å². The van der Waals surface area contributed by atoms with Crippen LogP contribution < -0.4 is 10.6 Å². The molecule has 0 fully saturated rings. The molecule has 0 saturated carbocycles. The molecule has 0 aliphatic carbocycles. The molecule has 96 valence electrons. The second kappa shape index (κ2) is 6.34. The second-order valence-electron chi connectivity index (χ2n) is 4.80. The van der Waals surface area contributed by atoms with Gasteiger partial charge in [0.15, 0.2) is 0 Å². The maximum absolute atomic E-state index is 13.4. The molecule has 2 N–H and O–H groups in total. The maximum Gasteiger partial charge on any atom is 0.126 e. The van der Waals surface area contributed by atoms with Crippen LogP contribution in [0.5, 0.6) is 0 Å². The molecular weight excluding hydrogens is 239 g/mol. The summed E-state index contributed by atoms with van der Waals surface area (Å²) in [5, 5.41) is 7.08. The van der Waals surface area contributed by atoms with Crippen molar-refractivity contribution >= 4 is 11.6 Å². The number of hydrogen-bond donors (Lipinski definition) is 2. The predicted molar refractivity (Wildman–Crippen MR) is 71.1 cm³/mol. The van der Waals surface area contributed by atoms with Crippen LogP contribution in [0.3, 0.4) is 0 Å². The first-order valence-corrected chi connectivity index (χ1v) is 6.16. The summed E-state index contributed by atoms with van der Waals surface area (Å²) in [5.74, 6) is -0.191. The highest BCUT2D eigenvalue weighted by Gasteiger charge is 2.13. The van der Waals surface area contributed by atoms with Gasteiger partial charge in [-0.25, -0.2) is 4.39 Å². The molecule has 0 heterocycles. The Bertz CT molecular complexity index is 366. The van der Waals surface area contributed by atoms with Crippen LogP contribution >= 0.6 is 11.6 Å². The van der Waals surface area contributed by atoms with E-state index in [2.05, 4.69) is 24.5 Å². The van der Waals surface area contributed by atoms with Gasteiger partial charge in [-0.2, -0.15) is 0 Å². The van der Waals surface area contributed by atoms with E-state index in [-0.39, 0.29) is 11.4 Å². The highest BCUT2D eigenvalue weighted by Crippen LogP contribution is 2.15. The number of hydrogen-bond acceptors (Lipinski definition) is 2. The van der Waals surface area contributed by atoms with Gasteiger partial charge >= 0.3 is 0 Å². The van der Waals surface area contributed by atoms with Gasteiger partial charge in [0.1, 0.15) is 5.82 Å². The minimum Gasteiger partial charge on any atom is -0.315 e. The zero-order valence-electron chi connectivity index (χ0n) is 10.6. The molecule has 0 bridgehead atoms. The van der Waals surface area contributed by atoms with Gasteiger partial charge in [0, 0.05) is 17.1 Å². The topological polar surface area (TPSA) is 24.1 Å². The molecule has 0 aromatic heterocycles. The number of nitrogens with one attached hydrogen (secondary N) is 2. The Kier molecular flexibility index (Phi) is 5.37. The summed E-state index contributed by atoms with van der Waals surface area (Å²) in [4.78, 5) is 0. The molecule has 0 aliphatic heterocycles. The molecule has 0 saturated heterocycles. The van der Waals surface area contributed by atoms with Gasteiger partial charge < -0.3 is 10.6 Å². The van der Waals surface area contributed by atoms with Crippen molar-refractivity contribution in [3.63, 3.8) is 0 Å². The summed E-state index contributed by atoms with van der Waals surface area (Å²) in [6.45, 7) is 5.80. The van der Waals surface area contributed by atoms with Crippen LogP contribution in [0.15, 0.2) is 18.2 Å². The van der Waals surface area contributed by atoms with Crippen LogP contribution in [0.1, 0.15) is 19.4 Å². The fourth-order valence-electron chi connectivity index (χ4n) is 1.45. The molecule has 17 heavy (non-hydrogen) atoms. The van der Waals surface area contributed by atoms with Gasteiger partial charge in [0.05, 0.1) is 0 Å². The van der Waals surface area contributed by atoms with Gasteiger partial charge in [-0.05, 0) is 57.6 Å². The molecule has 4 heteroatoms. The van der Waals surface area contributed by atoms with Gasteiger partial charge in [0.25, 0.3) is 0 Å². The first-order valence-electron chi connectivity index (χ1n) is 5.78. The van der Waals surface area contributed by atoms with Crippen molar-refractivity contribution in [3.8, 4) is 0 Å². The molecule has 0 aliphatic rings. The molecule has 1 aromatic rings. The average molecular weight is 259 g/mol. The monoisotopic (exact) mass is 258 g/mol. The second-order valence-corrected chi connectivity index (χ2v) is 5.23. The Balaban J connectivity index is 2.38. The molecule has 1 aromatic carbocycles.